The van der Waals surface area contributed by atoms with Crippen molar-refractivity contribution in [2.75, 3.05) is 19.8 Å². The number of morpholine rings is 1. The van der Waals surface area contributed by atoms with Crippen LogP contribution < -0.4 is 0 Å². The zero-order valence-electron chi connectivity index (χ0n) is 10.9. The number of amides is 1. The second-order valence-electron chi connectivity index (χ2n) is 4.64. The summed E-state index contributed by atoms with van der Waals surface area (Å²) in [6.07, 6.45) is 0.665. The molecule has 0 radical (unpaired) electrons. The Morgan fingerprint density at radius 3 is 2.70 bits per heavy atom. The first-order chi connectivity index (χ1) is 9.58. The summed E-state index contributed by atoms with van der Waals surface area (Å²) in [5.74, 6) is -1.59. The fourth-order valence-corrected chi connectivity index (χ4v) is 2.15. The van der Waals surface area contributed by atoms with E-state index in [-0.39, 0.29) is 24.8 Å². The highest BCUT2D eigenvalue weighted by Crippen LogP contribution is 2.12. The Labute approximate surface area is 116 Å². The molecule has 1 saturated heterocycles. The molecule has 1 N–H and O–H groups in total. The van der Waals surface area contributed by atoms with Crippen molar-refractivity contribution < 1.29 is 23.8 Å². The number of aliphatic carboxylic acids is 1. The number of halogens is 1. The van der Waals surface area contributed by atoms with Crippen LogP contribution in [0.5, 0.6) is 0 Å². The Bertz CT molecular complexity index is 488. The largest absolute Gasteiger partial charge is 0.480 e. The van der Waals surface area contributed by atoms with Gasteiger partial charge in [0.1, 0.15) is 5.82 Å². The first kappa shape index (κ1) is 14.5. The maximum Gasteiger partial charge on any atom is 0.328 e. The average molecular weight is 281 g/mol. The fraction of sp³-hybridized carbons (Fsp3) is 0.429. The van der Waals surface area contributed by atoms with E-state index in [1.54, 1.807) is 12.1 Å². The van der Waals surface area contributed by atoms with Gasteiger partial charge in [-0.05, 0) is 24.1 Å². The number of carboxylic acid groups (broad SMARTS) is 1. The van der Waals surface area contributed by atoms with Gasteiger partial charge in [0, 0.05) is 13.0 Å². The van der Waals surface area contributed by atoms with E-state index in [9.17, 15) is 14.0 Å². The van der Waals surface area contributed by atoms with E-state index in [1.807, 2.05) is 0 Å². The number of carboxylic acids is 1. The number of carbonyl (C=O) groups is 2. The minimum absolute atomic E-state index is 0.0254. The topological polar surface area (TPSA) is 66.8 Å². The van der Waals surface area contributed by atoms with Crippen LogP contribution >= 0.6 is 0 Å². The molecule has 0 unspecified atom stereocenters. The Hall–Kier alpha value is -1.95. The van der Waals surface area contributed by atoms with Gasteiger partial charge in [0.05, 0.1) is 13.2 Å². The van der Waals surface area contributed by atoms with Crippen molar-refractivity contribution in [2.45, 2.75) is 18.9 Å². The highest BCUT2D eigenvalue weighted by atomic mass is 19.1. The van der Waals surface area contributed by atoms with Crippen molar-refractivity contribution in [3.05, 3.63) is 35.6 Å². The molecule has 0 saturated carbocycles. The van der Waals surface area contributed by atoms with Crippen LogP contribution in [0.25, 0.3) is 0 Å². The summed E-state index contributed by atoms with van der Waals surface area (Å²) in [6.45, 7) is 0.670. The molecule has 1 aliphatic rings. The monoisotopic (exact) mass is 281 g/mol. The van der Waals surface area contributed by atoms with E-state index < -0.39 is 12.0 Å². The first-order valence-corrected chi connectivity index (χ1v) is 6.42. The zero-order valence-corrected chi connectivity index (χ0v) is 10.9. The highest BCUT2D eigenvalue weighted by Gasteiger charge is 2.32. The molecule has 5 nitrogen and oxygen atoms in total. The van der Waals surface area contributed by atoms with E-state index in [4.69, 9.17) is 9.84 Å². The summed E-state index contributed by atoms with van der Waals surface area (Å²) >= 11 is 0. The number of nitrogens with zero attached hydrogens (tertiary/aromatic N) is 1. The number of aryl methyl sites for hydroxylation is 1. The van der Waals surface area contributed by atoms with Gasteiger partial charge in [-0.3, -0.25) is 4.79 Å². The lowest BCUT2D eigenvalue weighted by Crippen LogP contribution is -2.52. The molecule has 1 amide bonds. The Kier molecular flexibility index (Phi) is 4.68. The maximum atomic E-state index is 12.8. The zero-order chi connectivity index (χ0) is 14.5. The van der Waals surface area contributed by atoms with Gasteiger partial charge in [-0.2, -0.15) is 0 Å². The third-order valence-corrected chi connectivity index (χ3v) is 3.27. The Morgan fingerprint density at radius 2 is 2.05 bits per heavy atom. The van der Waals surface area contributed by atoms with Crippen molar-refractivity contribution in [2.24, 2.45) is 0 Å². The normalized spacial score (nSPS) is 18.9. The van der Waals surface area contributed by atoms with E-state index in [2.05, 4.69) is 0 Å². The molecule has 108 valence electrons. The lowest BCUT2D eigenvalue weighted by Gasteiger charge is -2.32. The van der Waals surface area contributed by atoms with Crippen molar-refractivity contribution in [1.29, 1.82) is 0 Å². The second-order valence-corrected chi connectivity index (χ2v) is 4.64. The molecule has 1 aromatic carbocycles. The van der Waals surface area contributed by atoms with Crippen LogP contribution in [0.1, 0.15) is 12.0 Å². The summed E-state index contributed by atoms with van der Waals surface area (Å²) in [6, 6.07) is 5.01. The fourth-order valence-electron chi connectivity index (χ4n) is 2.15. The van der Waals surface area contributed by atoms with Crippen LogP contribution in [-0.2, 0) is 20.7 Å². The quantitative estimate of drug-likeness (QED) is 0.896. The predicted octanol–water partition coefficient (Wildman–Crippen LogP) is 1.07. The number of rotatable bonds is 4. The predicted molar refractivity (Wildman–Crippen MR) is 68.7 cm³/mol. The molecule has 20 heavy (non-hydrogen) atoms. The third kappa shape index (κ3) is 3.54. The molecule has 0 aliphatic carbocycles. The smallest absolute Gasteiger partial charge is 0.328 e. The van der Waals surface area contributed by atoms with Crippen molar-refractivity contribution in [3.8, 4) is 0 Å². The van der Waals surface area contributed by atoms with Crippen LogP contribution in [0.3, 0.4) is 0 Å². The van der Waals surface area contributed by atoms with Crippen molar-refractivity contribution in [1.82, 2.24) is 4.90 Å². The molecule has 0 aromatic heterocycles. The van der Waals surface area contributed by atoms with E-state index in [0.717, 1.165) is 5.56 Å². The van der Waals surface area contributed by atoms with Crippen LogP contribution in [0.15, 0.2) is 24.3 Å². The van der Waals surface area contributed by atoms with Gasteiger partial charge in [-0.15, -0.1) is 0 Å². The summed E-state index contributed by atoms with van der Waals surface area (Å²) in [4.78, 5) is 24.5. The number of ether oxygens (including phenoxy) is 1. The number of benzene rings is 1. The van der Waals surface area contributed by atoms with Gasteiger partial charge in [0.25, 0.3) is 0 Å². The van der Waals surface area contributed by atoms with E-state index in [1.165, 1.54) is 17.0 Å². The first-order valence-electron chi connectivity index (χ1n) is 6.42. The van der Waals surface area contributed by atoms with Gasteiger partial charge in [0.2, 0.25) is 5.91 Å². The van der Waals surface area contributed by atoms with Crippen molar-refractivity contribution in [3.63, 3.8) is 0 Å². The molecule has 1 heterocycles. The second kappa shape index (κ2) is 6.47. The molecule has 0 spiro atoms. The molecular weight excluding hydrogens is 265 g/mol. The number of hydrogen-bond donors (Lipinski definition) is 1. The molecule has 6 heteroatoms. The third-order valence-electron chi connectivity index (χ3n) is 3.27. The molecule has 1 aromatic rings. The van der Waals surface area contributed by atoms with Crippen molar-refractivity contribution >= 4 is 11.9 Å². The van der Waals surface area contributed by atoms with Gasteiger partial charge in [0.15, 0.2) is 6.04 Å². The molecule has 2 rings (SSSR count). The molecule has 1 aliphatic heterocycles. The maximum absolute atomic E-state index is 12.8. The molecule has 1 fully saturated rings. The average Bonchev–Trinajstić information content (AvgIpc) is 2.46. The Balaban J connectivity index is 1.93. The SMILES string of the molecule is O=C(O)[C@H]1COCCN1C(=O)CCc1ccc(F)cc1. The van der Waals surface area contributed by atoms with Crippen LogP contribution in [0, 0.1) is 5.82 Å². The summed E-state index contributed by atoms with van der Waals surface area (Å²) in [7, 11) is 0. The van der Waals surface area contributed by atoms with Crippen LogP contribution in [-0.4, -0.2) is 47.7 Å². The van der Waals surface area contributed by atoms with Crippen LogP contribution in [0.4, 0.5) is 4.39 Å². The summed E-state index contributed by atoms with van der Waals surface area (Å²) in [5, 5.41) is 9.06. The standard InChI is InChI=1S/C14H16FNO4/c15-11-4-1-10(2-5-11)3-6-13(17)16-7-8-20-9-12(16)14(18)19/h1-2,4-5,12H,3,6-9H2,(H,18,19)/t12-/m1/s1. The minimum atomic E-state index is -1.06. The highest BCUT2D eigenvalue weighted by molar-refractivity contribution is 5.84. The van der Waals surface area contributed by atoms with E-state index in [0.29, 0.717) is 19.6 Å². The number of hydrogen-bond acceptors (Lipinski definition) is 3. The lowest BCUT2D eigenvalue weighted by molar-refractivity contribution is -0.158. The Morgan fingerprint density at radius 1 is 1.35 bits per heavy atom. The molecule has 0 bridgehead atoms. The van der Waals surface area contributed by atoms with E-state index >= 15 is 0 Å². The van der Waals surface area contributed by atoms with Gasteiger partial charge in [-0.1, -0.05) is 12.1 Å². The van der Waals surface area contributed by atoms with Gasteiger partial charge < -0.3 is 14.7 Å². The summed E-state index contributed by atoms with van der Waals surface area (Å²) in [5.41, 5.74) is 0.847. The lowest BCUT2D eigenvalue weighted by atomic mass is 10.1. The van der Waals surface area contributed by atoms with Gasteiger partial charge >= 0.3 is 5.97 Å². The molecule has 1 atom stereocenters. The molecular formula is C14H16FNO4. The van der Waals surface area contributed by atoms with Crippen LogP contribution in [0.2, 0.25) is 0 Å². The summed E-state index contributed by atoms with van der Waals surface area (Å²) < 4.78 is 17.8. The minimum Gasteiger partial charge on any atom is -0.480 e. The number of carbonyl (C=O) groups excluding carboxylic acids is 1. The van der Waals surface area contributed by atoms with Gasteiger partial charge in [-0.25, -0.2) is 9.18 Å².